The van der Waals surface area contributed by atoms with Crippen molar-refractivity contribution in [3.8, 4) is 0 Å². The number of rotatable bonds is 4. The van der Waals surface area contributed by atoms with Crippen molar-refractivity contribution in [1.82, 2.24) is 24.1 Å². The number of hydrogen-bond donors (Lipinski definition) is 0. The van der Waals surface area contributed by atoms with E-state index in [1.54, 1.807) is 6.07 Å². The minimum absolute atomic E-state index is 0.347. The zero-order valence-electron chi connectivity index (χ0n) is 17.9. The lowest BCUT2D eigenvalue weighted by Gasteiger charge is -2.37. The van der Waals surface area contributed by atoms with Gasteiger partial charge < -0.3 is 9.80 Å². The third kappa shape index (κ3) is 3.65. The normalized spacial score (nSPS) is 14.8. The number of benzene rings is 1. The third-order valence-electron chi connectivity index (χ3n) is 5.77. The van der Waals surface area contributed by atoms with Gasteiger partial charge >= 0.3 is 0 Å². The average Bonchev–Trinajstić information content (AvgIpc) is 3.14. The van der Waals surface area contributed by atoms with Gasteiger partial charge in [-0.2, -0.15) is 9.61 Å². The van der Waals surface area contributed by atoms with Gasteiger partial charge in [-0.25, -0.2) is 18.7 Å². The highest BCUT2D eigenvalue weighted by Gasteiger charge is 2.21. The molecule has 4 heterocycles. The Hall–Kier alpha value is -3.56. The standard InChI is InChI=1S/C22H23F2N7O/c1-14-10-21(31-20(26-14)9-15(2)27-31)29-7-5-28(6-8-29)16-3-4-17-18(11-16)25-13-30(22(17)32)12-19(23)24/h3-4,9-11,13,19H,5-8,12H2,1-2H3. The first-order valence-corrected chi connectivity index (χ1v) is 10.5. The summed E-state index contributed by atoms with van der Waals surface area (Å²) < 4.78 is 28.2. The molecule has 0 atom stereocenters. The lowest BCUT2D eigenvalue weighted by atomic mass is 10.2. The molecule has 1 fully saturated rings. The Morgan fingerprint density at radius 2 is 1.75 bits per heavy atom. The molecule has 5 rings (SSSR count). The van der Waals surface area contributed by atoms with E-state index in [1.165, 1.54) is 6.33 Å². The molecule has 0 spiro atoms. The maximum atomic E-state index is 12.7. The number of alkyl halides is 2. The molecule has 1 aromatic carbocycles. The quantitative estimate of drug-likeness (QED) is 0.487. The highest BCUT2D eigenvalue weighted by atomic mass is 19.3. The zero-order chi connectivity index (χ0) is 22.4. The number of piperazine rings is 1. The number of hydrogen-bond acceptors (Lipinski definition) is 6. The molecule has 0 bridgehead atoms. The Morgan fingerprint density at radius 3 is 2.50 bits per heavy atom. The van der Waals surface area contributed by atoms with Gasteiger partial charge in [0.05, 0.1) is 29.5 Å². The van der Waals surface area contributed by atoms with Crippen LogP contribution >= 0.6 is 0 Å². The minimum atomic E-state index is -2.60. The topological polar surface area (TPSA) is 71.6 Å². The smallest absolute Gasteiger partial charge is 0.261 e. The van der Waals surface area contributed by atoms with E-state index in [0.29, 0.717) is 10.9 Å². The van der Waals surface area contributed by atoms with E-state index >= 15 is 0 Å². The van der Waals surface area contributed by atoms with Gasteiger partial charge in [-0.1, -0.05) is 0 Å². The summed E-state index contributed by atoms with van der Waals surface area (Å²) in [5.41, 5.74) is 3.75. The van der Waals surface area contributed by atoms with Crippen molar-refractivity contribution >= 4 is 28.1 Å². The largest absolute Gasteiger partial charge is 0.368 e. The second-order valence-corrected chi connectivity index (χ2v) is 8.08. The average molecular weight is 439 g/mol. The Balaban J connectivity index is 1.37. The first kappa shape index (κ1) is 20.3. The molecule has 1 saturated heterocycles. The van der Waals surface area contributed by atoms with Crippen LogP contribution in [-0.4, -0.2) is 56.8 Å². The molecule has 32 heavy (non-hydrogen) atoms. The first-order valence-electron chi connectivity index (χ1n) is 10.5. The van der Waals surface area contributed by atoms with E-state index < -0.39 is 18.5 Å². The summed E-state index contributed by atoms with van der Waals surface area (Å²) in [5.74, 6) is 1.03. The van der Waals surface area contributed by atoms with E-state index in [2.05, 4.69) is 30.9 Å². The van der Waals surface area contributed by atoms with Crippen molar-refractivity contribution < 1.29 is 8.78 Å². The molecule has 4 aromatic rings. The summed E-state index contributed by atoms with van der Waals surface area (Å²) >= 11 is 0. The second-order valence-electron chi connectivity index (χ2n) is 8.08. The number of nitrogens with zero attached hydrogens (tertiary/aromatic N) is 7. The molecule has 0 unspecified atom stereocenters. The molecule has 0 radical (unpaired) electrons. The molecular formula is C22H23F2N7O. The van der Waals surface area contributed by atoms with Gasteiger partial charge in [0.2, 0.25) is 0 Å². The summed E-state index contributed by atoms with van der Waals surface area (Å²) in [6.07, 6.45) is -1.40. The van der Waals surface area contributed by atoms with Crippen LogP contribution in [0.5, 0.6) is 0 Å². The second kappa shape index (κ2) is 7.85. The van der Waals surface area contributed by atoms with Crippen LogP contribution < -0.4 is 15.4 Å². The molecule has 0 amide bonds. The molecule has 8 nitrogen and oxygen atoms in total. The molecule has 166 valence electrons. The maximum absolute atomic E-state index is 12.7. The predicted octanol–water partition coefficient (Wildman–Crippen LogP) is 2.65. The molecule has 0 saturated carbocycles. The molecule has 3 aromatic heterocycles. The van der Waals surface area contributed by atoms with Gasteiger partial charge in [-0.05, 0) is 32.0 Å². The Kier molecular flexibility index (Phi) is 4.99. The SMILES string of the molecule is Cc1cc(N2CCN(c3ccc4c(=O)n(CC(F)F)cnc4c3)CC2)n2nc(C)cc2n1. The van der Waals surface area contributed by atoms with Crippen LogP contribution in [0.4, 0.5) is 20.3 Å². The number of aryl methyl sites for hydroxylation is 2. The van der Waals surface area contributed by atoms with Crippen LogP contribution in [0.2, 0.25) is 0 Å². The molecular weight excluding hydrogens is 416 g/mol. The molecule has 1 aliphatic rings. The van der Waals surface area contributed by atoms with Gasteiger partial charge in [0.25, 0.3) is 12.0 Å². The number of aromatic nitrogens is 5. The van der Waals surface area contributed by atoms with E-state index in [9.17, 15) is 13.6 Å². The van der Waals surface area contributed by atoms with Crippen LogP contribution in [0.15, 0.2) is 41.5 Å². The van der Waals surface area contributed by atoms with Crippen molar-refractivity contribution in [1.29, 1.82) is 0 Å². The van der Waals surface area contributed by atoms with Gasteiger partial charge in [0, 0.05) is 49.7 Å². The van der Waals surface area contributed by atoms with Crippen molar-refractivity contribution in [2.24, 2.45) is 0 Å². The monoisotopic (exact) mass is 439 g/mol. The first-order chi connectivity index (χ1) is 15.4. The molecule has 10 heteroatoms. The molecule has 0 aliphatic carbocycles. The minimum Gasteiger partial charge on any atom is -0.368 e. The van der Waals surface area contributed by atoms with E-state index in [0.717, 1.165) is 59.3 Å². The van der Waals surface area contributed by atoms with Gasteiger partial charge in [0.1, 0.15) is 5.82 Å². The Morgan fingerprint density at radius 1 is 1.00 bits per heavy atom. The van der Waals surface area contributed by atoms with Crippen molar-refractivity contribution in [3.63, 3.8) is 0 Å². The van der Waals surface area contributed by atoms with Crippen molar-refractivity contribution in [2.45, 2.75) is 26.8 Å². The van der Waals surface area contributed by atoms with Crippen LogP contribution in [0.25, 0.3) is 16.6 Å². The summed E-state index contributed by atoms with van der Waals surface area (Å²) in [7, 11) is 0. The number of halogens is 2. The summed E-state index contributed by atoms with van der Waals surface area (Å²) in [6, 6.07) is 9.42. The number of fused-ring (bicyclic) bond motifs is 2. The zero-order valence-corrected chi connectivity index (χ0v) is 17.9. The summed E-state index contributed by atoms with van der Waals surface area (Å²) in [5, 5.41) is 4.93. The van der Waals surface area contributed by atoms with E-state index in [1.807, 2.05) is 36.6 Å². The van der Waals surface area contributed by atoms with Crippen molar-refractivity contribution in [3.05, 3.63) is 58.4 Å². The molecule has 1 aliphatic heterocycles. The van der Waals surface area contributed by atoms with Gasteiger partial charge in [-0.3, -0.25) is 9.36 Å². The fourth-order valence-corrected chi connectivity index (χ4v) is 4.24. The van der Waals surface area contributed by atoms with Crippen molar-refractivity contribution in [2.75, 3.05) is 36.0 Å². The predicted molar refractivity (Wildman–Crippen MR) is 119 cm³/mol. The third-order valence-corrected chi connectivity index (χ3v) is 5.77. The summed E-state index contributed by atoms with van der Waals surface area (Å²) in [6.45, 7) is 6.48. The maximum Gasteiger partial charge on any atom is 0.261 e. The van der Waals surface area contributed by atoms with E-state index in [-0.39, 0.29) is 0 Å². The van der Waals surface area contributed by atoms with Gasteiger partial charge in [0.15, 0.2) is 5.65 Å². The highest BCUT2D eigenvalue weighted by Crippen LogP contribution is 2.24. The summed E-state index contributed by atoms with van der Waals surface area (Å²) in [4.78, 5) is 25.8. The Bertz CT molecular complexity index is 1360. The lowest BCUT2D eigenvalue weighted by Crippen LogP contribution is -2.47. The molecule has 0 N–H and O–H groups in total. The van der Waals surface area contributed by atoms with Crippen LogP contribution in [0, 0.1) is 13.8 Å². The fraction of sp³-hybridized carbons (Fsp3) is 0.364. The van der Waals surface area contributed by atoms with E-state index in [4.69, 9.17) is 0 Å². The fourth-order valence-electron chi connectivity index (χ4n) is 4.24. The van der Waals surface area contributed by atoms with Gasteiger partial charge in [-0.15, -0.1) is 0 Å². The van der Waals surface area contributed by atoms with Crippen LogP contribution in [0.3, 0.4) is 0 Å². The van der Waals surface area contributed by atoms with Crippen LogP contribution in [-0.2, 0) is 6.54 Å². The Labute approximate surface area is 182 Å². The lowest BCUT2D eigenvalue weighted by molar-refractivity contribution is 0.125. The highest BCUT2D eigenvalue weighted by molar-refractivity contribution is 5.81. The van der Waals surface area contributed by atoms with Crippen LogP contribution in [0.1, 0.15) is 11.4 Å². The number of anilines is 2.